The van der Waals surface area contributed by atoms with Gasteiger partial charge < -0.3 is 13.9 Å². The van der Waals surface area contributed by atoms with Crippen LogP contribution in [0.4, 0.5) is 0 Å². The molecule has 0 spiro atoms. The van der Waals surface area contributed by atoms with Gasteiger partial charge in [-0.05, 0) is 6.07 Å². The Morgan fingerprint density at radius 3 is 2.89 bits per heavy atom. The number of hydrogen-bond acceptors (Lipinski definition) is 6. The van der Waals surface area contributed by atoms with Crippen LogP contribution in [-0.4, -0.2) is 30.2 Å². The Hall–Kier alpha value is -2.63. The second-order valence-electron chi connectivity index (χ2n) is 3.85. The van der Waals surface area contributed by atoms with Crippen LogP contribution >= 0.6 is 0 Å². The van der Waals surface area contributed by atoms with Gasteiger partial charge >= 0.3 is 5.97 Å². The Labute approximate surface area is 108 Å². The number of carbonyl (C=O) groups is 1. The minimum atomic E-state index is -0.514. The van der Waals surface area contributed by atoms with Crippen LogP contribution in [-0.2, 0) is 4.74 Å². The Balaban J connectivity index is 2.44. The third kappa shape index (κ3) is 1.69. The predicted molar refractivity (Wildman–Crippen MR) is 67.2 cm³/mol. The normalized spacial score (nSPS) is 10.8. The fraction of sp³-hybridized carbons (Fsp3) is 0.154. The first kappa shape index (κ1) is 11.5. The highest BCUT2D eigenvalue weighted by molar-refractivity contribution is 6.13. The quantitative estimate of drug-likeness (QED) is 0.656. The van der Waals surface area contributed by atoms with Crippen molar-refractivity contribution in [2.45, 2.75) is 0 Å². The molecule has 3 aromatic rings. The monoisotopic (exact) mass is 258 g/mol. The van der Waals surface area contributed by atoms with Crippen molar-refractivity contribution in [2.75, 3.05) is 14.2 Å². The standard InChI is InChI=1S/C13H10N2O4/c1-17-10-5-7-9(19-10)6-15-8-3-4-14-12(11(7)8)13(16)18-2/h3-6H,1-2H3. The van der Waals surface area contributed by atoms with Crippen molar-refractivity contribution in [1.29, 1.82) is 0 Å². The number of methoxy groups -OCH3 is 2. The highest BCUT2D eigenvalue weighted by Gasteiger charge is 2.17. The zero-order valence-electron chi connectivity index (χ0n) is 10.3. The first-order valence-corrected chi connectivity index (χ1v) is 5.54. The molecule has 0 saturated carbocycles. The van der Waals surface area contributed by atoms with E-state index in [1.807, 2.05) is 0 Å². The second-order valence-corrected chi connectivity index (χ2v) is 3.85. The average Bonchev–Trinajstić information content (AvgIpc) is 2.89. The molecule has 0 bridgehead atoms. The molecule has 6 nitrogen and oxygen atoms in total. The number of carbonyl (C=O) groups excluding carboxylic acids is 1. The van der Waals surface area contributed by atoms with E-state index in [-0.39, 0.29) is 5.69 Å². The molecule has 0 amide bonds. The van der Waals surface area contributed by atoms with Gasteiger partial charge in [0.2, 0.25) is 0 Å². The van der Waals surface area contributed by atoms with Crippen molar-refractivity contribution >= 4 is 27.8 Å². The summed E-state index contributed by atoms with van der Waals surface area (Å²) in [5, 5.41) is 1.31. The Bertz CT molecular complexity index is 779. The van der Waals surface area contributed by atoms with Crippen LogP contribution in [0.3, 0.4) is 0 Å². The number of esters is 1. The summed E-state index contributed by atoms with van der Waals surface area (Å²) in [6.45, 7) is 0. The molecule has 0 unspecified atom stereocenters. The van der Waals surface area contributed by atoms with E-state index in [1.54, 1.807) is 18.3 Å². The third-order valence-electron chi connectivity index (χ3n) is 2.84. The first-order chi connectivity index (χ1) is 9.24. The summed E-state index contributed by atoms with van der Waals surface area (Å²) in [5.74, 6) is -0.163. The van der Waals surface area contributed by atoms with Crippen LogP contribution in [0.5, 0.6) is 5.95 Å². The number of aromatic nitrogens is 2. The summed E-state index contributed by atoms with van der Waals surface area (Å²) in [6, 6.07) is 3.42. The van der Waals surface area contributed by atoms with Gasteiger partial charge in [-0.25, -0.2) is 9.78 Å². The number of hydrogen-bond donors (Lipinski definition) is 0. The molecule has 3 rings (SSSR count). The molecular formula is C13H10N2O4. The van der Waals surface area contributed by atoms with E-state index in [1.165, 1.54) is 20.4 Å². The minimum absolute atomic E-state index is 0.210. The van der Waals surface area contributed by atoms with Crippen LogP contribution in [0.1, 0.15) is 10.5 Å². The third-order valence-corrected chi connectivity index (χ3v) is 2.84. The van der Waals surface area contributed by atoms with E-state index in [2.05, 4.69) is 9.97 Å². The lowest BCUT2D eigenvalue weighted by molar-refractivity contribution is 0.0596. The molecule has 3 heterocycles. The van der Waals surface area contributed by atoms with Crippen LogP contribution in [0, 0.1) is 0 Å². The van der Waals surface area contributed by atoms with E-state index in [4.69, 9.17) is 13.9 Å². The van der Waals surface area contributed by atoms with Gasteiger partial charge in [-0.3, -0.25) is 4.98 Å². The fourth-order valence-electron chi connectivity index (χ4n) is 1.98. The molecule has 0 fully saturated rings. The van der Waals surface area contributed by atoms with Gasteiger partial charge in [0.25, 0.3) is 5.95 Å². The molecule has 0 radical (unpaired) electrons. The molecule has 19 heavy (non-hydrogen) atoms. The van der Waals surface area contributed by atoms with Gasteiger partial charge in [-0.1, -0.05) is 0 Å². The molecule has 0 aliphatic heterocycles. The van der Waals surface area contributed by atoms with E-state index in [9.17, 15) is 4.79 Å². The van der Waals surface area contributed by atoms with Crippen molar-refractivity contribution < 1.29 is 18.7 Å². The minimum Gasteiger partial charge on any atom is -0.468 e. The summed E-state index contributed by atoms with van der Waals surface area (Å²) in [5.41, 5.74) is 1.38. The van der Waals surface area contributed by atoms with E-state index >= 15 is 0 Å². The van der Waals surface area contributed by atoms with Crippen molar-refractivity contribution in [3.05, 3.63) is 30.2 Å². The molecule has 0 atom stereocenters. The van der Waals surface area contributed by atoms with Crippen molar-refractivity contribution in [1.82, 2.24) is 9.97 Å². The lowest BCUT2D eigenvalue weighted by Gasteiger charge is -2.03. The number of rotatable bonds is 2. The van der Waals surface area contributed by atoms with Crippen molar-refractivity contribution in [3.8, 4) is 5.95 Å². The van der Waals surface area contributed by atoms with Gasteiger partial charge in [0.15, 0.2) is 11.3 Å². The maximum absolute atomic E-state index is 11.8. The Kier molecular flexibility index (Phi) is 2.56. The maximum Gasteiger partial charge on any atom is 0.357 e. The van der Waals surface area contributed by atoms with Gasteiger partial charge in [-0.15, -0.1) is 0 Å². The highest BCUT2D eigenvalue weighted by atomic mass is 16.6. The van der Waals surface area contributed by atoms with Gasteiger partial charge in [0, 0.05) is 23.0 Å². The predicted octanol–water partition coefficient (Wildman–Crippen LogP) is 2.17. The summed E-state index contributed by atoms with van der Waals surface area (Å²) in [6.07, 6.45) is 3.10. The van der Waals surface area contributed by atoms with E-state index in [0.717, 1.165) is 5.39 Å². The number of fused-ring (bicyclic) bond motifs is 3. The van der Waals surface area contributed by atoms with Crippen LogP contribution < -0.4 is 4.74 Å². The smallest absolute Gasteiger partial charge is 0.357 e. The maximum atomic E-state index is 11.8. The second kappa shape index (κ2) is 4.24. The summed E-state index contributed by atoms with van der Waals surface area (Å²) in [7, 11) is 2.82. The number of nitrogens with zero attached hydrogens (tertiary/aromatic N) is 2. The molecule has 0 aliphatic rings. The summed E-state index contributed by atoms with van der Waals surface area (Å²) < 4.78 is 15.2. The largest absolute Gasteiger partial charge is 0.468 e. The summed E-state index contributed by atoms with van der Waals surface area (Å²) >= 11 is 0. The van der Waals surface area contributed by atoms with Crippen LogP contribution in [0.15, 0.2) is 28.9 Å². The zero-order valence-corrected chi connectivity index (χ0v) is 10.3. The van der Waals surface area contributed by atoms with Gasteiger partial charge in [-0.2, -0.15) is 0 Å². The SMILES string of the molecule is COC(=O)c1nccc2ncc3oc(OC)cc3c12. The van der Waals surface area contributed by atoms with Gasteiger partial charge in [0.1, 0.15) is 0 Å². The molecule has 3 aromatic heterocycles. The molecule has 0 aromatic carbocycles. The molecule has 96 valence electrons. The van der Waals surface area contributed by atoms with E-state index in [0.29, 0.717) is 22.4 Å². The van der Waals surface area contributed by atoms with Crippen molar-refractivity contribution in [3.63, 3.8) is 0 Å². The van der Waals surface area contributed by atoms with Gasteiger partial charge in [0.05, 0.1) is 25.9 Å². The highest BCUT2D eigenvalue weighted by Crippen LogP contribution is 2.31. The Morgan fingerprint density at radius 2 is 2.16 bits per heavy atom. The zero-order chi connectivity index (χ0) is 13.4. The van der Waals surface area contributed by atoms with E-state index < -0.39 is 5.97 Å². The summed E-state index contributed by atoms with van der Waals surface area (Å²) in [4.78, 5) is 20.1. The molecule has 0 saturated heterocycles. The molecule has 0 N–H and O–H groups in total. The molecule has 6 heteroatoms. The lowest BCUT2D eigenvalue weighted by atomic mass is 10.1. The average molecular weight is 258 g/mol. The molecule has 0 aliphatic carbocycles. The number of furan rings is 1. The van der Waals surface area contributed by atoms with Crippen LogP contribution in [0.25, 0.3) is 21.9 Å². The van der Waals surface area contributed by atoms with Crippen molar-refractivity contribution in [2.24, 2.45) is 0 Å². The first-order valence-electron chi connectivity index (χ1n) is 5.54. The number of pyridine rings is 2. The fourth-order valence-corrected chi connectivity index (χ4v) is 1.98. The van der Waals surface area contributed by atoms with Crippen LogP contribution in [0.2, 0.25) is 0 Å². The topological polar surface area (TPSA) is 74.5 Å². The lowest BCUT2D eigenvalue weighted by Crippen LogP contribution is -2.05. The number of ether oxygens (including phenoxy) is 2. The Morgan fingerprint density at radius 1 is 1.32 bits per heavy atom. The molecular weight excluding hydrogens is 248 g/mol.